The summed E-state index contributed by atoms with van der Waals surface area (Å²) in [5.74, 6) is 0.217. The smallest absolute Gasteiger partial charge is 0.251 e. The van der Waals surface area contributed by atoms with Crippen LogP contribution in [0.4, 0.5) is 0 Å². The Morgan fingerprint density at radius 1 is 1.12 bits per heavy atom. The number of carbonyl (C=O) groups is 2. The molecule has 2 aliphatic heterocycles. The van der Waals surface area contributed by atoms with E-state index in [1.165, 1.54) is 0 Å². The van der Waals surface area contributed by atoms with Gasteiger partial charge >= 0.3 is 0 Å². The van der Waals surface area contributed by atoms with Crippen molar-refractivity contribution in [3.05, 3.63) is 36.0 Å². The van der Waals surface area contributed by atoms with Gasteiger partial charge in [-0.2, -0.15) is 0 Å². The molecular weight excluding hydrogens is 330 g/mol. The molecule has 6 nitrogen and oxygen atoms in total. The molecule has 26 heavy (non-hydrogen) atoms. The minimum Gasteiger partial charge on any atom is -0.368 e. The van der Waals surface area contributed by atoms with Crippen LogP contribution in [0.1, 0.15) is 18.4 Å². The number of fused-ring (bicyclic) bond motifs is 1. The summed E-state index contributed by atoms with van der Waals surface area (Å²) in [7, 11) is 2.01. The molecule has 2 saturated heterocycles. The lowest BCUT2D eigenvalue weighted by Crippen LogP contribution is -2.53. The molecule has 0 aliphatic carbocycles. The molecule has 2 aliphatic rings. The first-order valence-corrected chi connectivity index (χ1v) is 9.34. The number of piperazine rings is 1. The predicted molar refractivity (Wildman–Crippen MR) is 98.8 cm³/mol. The van der Waals surface area contributed by atoms with E-state index in [4.69, 9.17) is 4.74 Å². The van der Waals surface area contributed by atoms with Crippen LogP contribution in [0.5, 0.6) is 0 Å². The summed E-state index contributed by atoms with van der Waals surface area (Å²) in [6, 6.07) is 8.15. The molecule has 4 rings (SSSR count). The lowest BCUT2D eigenvalue weighted by atomic mass is 10.1. The molecule has 1 aromatic carbocycles. The van der Waals surface area contributed by atoms with Gasteiger partial charge in [-0.15, -0.1) is 0 Å². The third-order valence-corrected chi connectivity index (χ3v) is 5.47. The number of rotatable bonds is 3. The van der Waals surface area contributed by atoms with Gasteiger partial charge in [-0.1, -0.05) is 18.2 Å². The van der Waals surface area contributed by atoms with E-state index in [-0.39, 0.29) is 17.9 Å². The van der Waals surface area contributed by atoms with E-state index in [9.17, 15) is 9.59 Å². The van der Waals surface area contributed by atoms with Crippen molar-refractivity contribution >= 4 is 22.7 Å². The molecule has 3 heterocycles. The number of hydrogen-bond donors (Lipinski definition) is 0. The molecule has 0 radical (unpaired) electrons. The number of para-hydroxylation sites is 1. The van der Waals surface area contributed by atoms with Gasteiger partial charge in [0.15, 0.2) is 0 Å². The molecule has 6 heteroatoms. The second kappa shape index (κ2) is 7.11. The average molecular weight is 355 g/mol. The van der Waals surface area contributed by atoms with Gasteiger partial charge in [0, 0.05) is 56.9 Å². The molecular formula is C20H25N3O3. The number of amides is 2. The van der Waals surface area contributed by atoms with E-state index in [0.717, 1.165) is 29.3 Å². The monoisotopic (exact) mass is 355 g/mol. The molecule has 1 atom stereocenters. The van der Waals surface area contributed by atoms with Crippen molar-refractivity contribution in [2.24, 2.45) is 7.05 Å². The highest BCUT2D eigenvalue weighted by Crippen LogP contribution is 2.22. The van der Waals surface area contributed by atoms with Crippen LogP contribution in [0.2, 0.25) is 0 Å². The number of carbonyl (C=O) groups excluding carboxylic acids is 2. The molecule has 1 unspecified atom stereocenters. The average Bonchev–Trinajstić information content (AvgIpc) is 3.31. The molecule has 138 valence electrons. The summed E-state index contributed by atoms with van der Waals surface area (Å²) in [5.41, 5.74) is 2.20. The number of hydrogen-bond acceptors (Lipinski definition) is 3. The molecule has 0 spiro atoms. The van der Waals surface area contributed by atoms with Crippen LogP contribution in [0, 0.1) is 0 Å². The van der Waals surface area contributed by atoms with Crippen LogP contribution in [0.15, 0.2) is 30.5 Å². The summed E-state index contributed by atoms with van der Waals surface area (Å²) in [4.78, 5) is 28.9. The molecule has 2 fully saturated rings. The largest absolute Gasteiger partial charge is 0.368 e. The second-order valence-corrected chi connectivity index (χ2v) is 7.17. The maximum absolute atomic E-state index is 12.7. The maximum atomic E-state index is 12.7. The predicted octanol–water partition coefficient (Wildman–Crippen LogP) is 1.57. The van der Waals surface area contributed by atoms with E-state index in [1.807, 2.05) is 35.2 Å². The first-order valence-electron chi connectivity index (χ1n) is 9.34. The standard InChI is InChI=1S/C20H25N3O3/c1-21-14-15(16-5-2-3-6-17(16)21)13-19(24)22-8-10-23(11-9-22)20(25)18-7-4-12-26-18/h2-3,5-6,14,18H,4,7-13H2,1H3. The van der Waals surface area contributed by atoms with Gasteiger partial charge in [-0.25, -0.2) is 0 Å². The number of nitrogens with zero attached hydrogens (tertiary/aromatic N) is 3. The molecule has 2 amide bonds. The van der Waals surface area contributed by atoms with Crippen molar-refractivity contribution in [2.75, 3.05) is 32.8 Å². The Hall–Kier alpha value is -2.34. The number of aryl methyl sites for hydroxylation is 1. The Kier molecular flexibility index (Phi) is 4.68. The zero-order valence-corrected chi connectivity index (χ0v) is 15.2. The van der Waals surface area contributed by atoms with Crippen LogP contribution in [0.25, 0.3) is 10.9 Å². The highest BCUT2D eigenvalue weighted by Gasteiger charge is 2.31. The fraction of sp³-hybridized carbons (Fsp3) is 0.500. The summed E-state index contributed by atoms with van der Waals surface area (Å²) in [6.45, 7) is 3.07. The van der Waals surface area contributed by atoms with Gasteiger partial charge < -0.3 is 19.1 Å². The fourth-order valence-electron chi connectivity index (χ4n) is 3.99. The minimum atomic E-state index is -0.270. The normalized spacial score (nSPS) is 20.7. The van der Waals surface area contributed by atoms with Gasteiger partial charge in [0.2, 0.25) is 5.91 Å². The van der Waals surface area contributed by atoms with Crippen molar-refractivity contribution in [1.82, 2.24) is 14.4 Å². The molecule has 0 bridgehead atoms. The number of aromatic nitrogens is 1. The number of ether oxygens (including phenoxy) is 1. The van der Waals surface area contributed by atoms with Crippen LogP contribution < -0.4 is 0 Å². The van der Waals surface area contributed by atoms with E-state index < -0.39 is 0 Å². The maximum Gasteiger partial charge on any atom is 0.251 e. The Labute approximate surface area is 153 Å². The van der Waals surface area contributed by atoms with Crippen LogP contribution >= 0.6 is 0 Å². The van der Waals surface area contributed by atoms with Crippen molar-refractivity contribution in [1.29, 1.82) is 0 Å². The molecule has 2 aromatic rings. The molecule has 0 N–H and O–H groups in total. The minimum absolute atomic E-state index is 0.0867. The first kappa shape index (κ1) is 17.1. The van der Waals surface area contributed by atoms with Gasteiger partial charge in [0.1, 0.15) is 6.10 Å². The van der Waals surface area contributed by atoms with Crippen molar-refractivity contribution in [2.45, 2.75) is 25.4 Å². The summed E-state index contributed by atoms with van der Waals surface area (Å²) in [6.07, 6.45) is 3.95. The zero-order chi connectivity index (χ0) is 18.1. The van der Waals surface area contributed by atoms with E-state index in [0.29, 0.717) is 39.2 Å². The Morgan fingerprint density at radius 2 is 1.85 bits per heavy atom. The molecule has 0 saturated carbocycles. The van der Waals surface area contributed by atoms with Crippen LogP contribution in [-0.2, 0) is 27.8 Å². The molecule has 1 aromatic heterocycles. The highest BCUT2D eigenvalue weighted by molar-refractivity contribution is 5.89. The zero-order valence-electron chi connectivity index (χ0n) is 15.2. The van der Waals surface area contributed by atoms with Crippen molar-refractivity contribution in [3.63, 3.8) is 0 Å². The van der Waals surface area contributed by atoms with E-state index in [1.54, 1.807) is 0 Å². The highest BCUT2D eigenvalue weighted by atomic mass is 16.5. The second-order valence-electron chi connectivity index (χ2n) is 7.17. The van der Waals surface area contributed by atoms with Crippen molar-refractivity contribution < 1.29 is 14.3 Å². The lowest BCUT2D eigenvalue weighted by Gasteiger charge is -2.35. The SMILES string of the molecule is Cn1cc(CC(=O)N2CCN(C(=O)C3CCCO3)CC2)c2ccccc21. The third kappa shape index (κ3) is 3.21. The Morgan fingerprint density at radius 3 is 2.58 bits per heavy atom. The van der Waals surface area contributed by atoms with Crippen LogP contribution in [-0.4, -0.2) is 65.1 Å². The summed E-state index contributed by atoms with van der Waals surface area (Å²) < 4.78 is 7.56. The van der Waals surface area contributed by atoms with E-state index >= 15 is 0 Å². The topological polar surface area (TPSA) is 54.8 Å². The summed E-state index contributed by atoms with van der Waals surface area (Å²) >= 11 is 0. The fourth-order valence-corrected chi connectivity index (χ4v) is 3.99. The Balaban J connectivity index is 1.37. The number of benzene rings is 1. The lowest BCUT2D eigenvalue weighted by molar-refractivity contribution is -0.145. The quantitative estimate of drug-likeness (QED) is 0.840. The van der Waals surface area contributed by atoms with Crippen molar-refractivity contribution in [3.8, 4) is 0 Å². The van der Waals surface area contributed by atoms with Gasteiger partial charge in [-0.05, 0) is 24.5 Å². The Bertz CT molecular complexity index is 815. The summed E-state index contributed by atoms with van der Waals surface area (Å²) in [5, 5.41) is 1.13. The van der Waals surface area contributed by atoms with E-state index in [2.05, 4.69) is 16.7 Å². The van der Waals surface area contributed by atoms with Gasteiger partial charge in [-0.3, -0.25) is 9.59 Å². The van der Waals surface area contributed by atoms with Gasteiger partial charge in [0.25, 0.3) is 5.91 Å². The first-order chi connectivity index (χ1) is 12.6. The third-order valence-electron chi connectivity index (χ3n) is 5.47. The van der Waals surface area contributed by atoms with Crippen LogP contribution in [0.3, 0.4) is 0 Å². The van der Waals surface area contributed by atoms with Gasteiger partial charge in [0.05, 0.1) is 6.42 Å².